The zero-order valence-corrected chi connectivity index (χ0v) is 11.1. The first-order valence-corrected chi connectivity index (χ1v) is 6.32. The lowest BCUT2D eigenvalue weighted by Crippen LogP contribution is -2.03. The average Bonchev–Trinajstić information content (AvgIpc) is 2.91. The minimum absolute atomic E-state index is 0.0651. The number of aliphatic hydroxyl groups excluding tert-OH is 1. The Hall–Kier alpha value is -1.78. The Morgan fingerprint density at radius 3 is 2.68 bits per heavy atom. The Labute approximate surface area is 113 Å². The molecule has 0 fully saturated rings. The van der Waals surface area contributed by atoms with Crippen LogP contribution in [0.3, 0.4) is 0 Å². The third-order valence-corrected chi connectivity index (χ3v) is 2.92. The molecule has 1 heterocycles. The van der Waals surface area contributed by atoms with Crippen LogP contribution in [0.1, 0.15) is 17.1 Å². The molecule has 1 aromatic heterocycles. The van der Waals surface area contributed by atoms with Crippen LogP contribution in [0.4, 0.5) is 5.69 Å². The standard InChI is InChI=1S/C15H19NO3/c1-18-9-8-12-4-2-3-5-15(12)16-10-13-6-7-14(11-17)19-13/h2-7,16-17H,8-11H2,1H3. The Morgan fingerprint density at radius 2 is 1.95 bits per heavy atom. The van der Waals surface area contributed by atoms with Crippen LogP contribution in [-0.4, -0.2) is 18.8 Å². The van der Waals surface area contributed by atoms with E-state index >= 15 is 0 Å². The van der Waals surface area contributed by atoms with Crippen molar-refractivity contribution in [3.63, 3.8) is 0 Å². The molecule has 19 heavy (non-hydrogen) atoms. The molecule has 0 atom stereocenters. The molecule has 2 aromatic rings. The second-order valence-electron chi connectivity index (χ2n) is 4.28. The lowest BCUT2D eigenvalue weighted by atomic mass is 10.1. The highest BCUT2D eigenvalue weighted by Crippen LogP contribution is 2.17. The molecular weight excluding hydrogens is 242 g/mol. The van der Waals surface area contributed by atoms with Crippen molar-refractivity contribution in [2.45, 2.75) is 19.6 Å². The monoisotopic (exact) mass is 261 g/mol. The number of hydrogen-bond donors (Lipinski definition) is 2. The Balaban J connectivity index is 1.98. The van der Waals surface area contributed by atoms with E-state index in [0.717, 1.165) is 17.9 Å². The largest absolute Gasteiger partial charge is 0.462 e. The molecule has 0 unspecified atom stereocenters. The minimum Gasteiger partial charge on any atom is -0.462 e. The van der Waals surface area contributed by atoms with Crippen molar-refractivity contribution < 1.29 is 14.3 Å². The number of hydrogen-bond acceptors (Lipinski definition) is 4. The van der Waals surface area contributed by atoms with Gasteiger partial charge in [-0.2, -0.15) is 0 Å². The summed E-state index contributed by atoms with van der Waals surface area (Å²) in [5.74, 6) is 1.40. The number of para-hydroxylation sites is 1. The third kappa shape index (κ3) is 3.84. The summed E-state index contributed by atoms with van der Waals surface area (Å²) < 4.78 is 10.5. The average molecular weight is 261 g/mol. The SMILES string of the molecule is COCCc1ccccc1NCc1ccc(CO)o1. The molecule has 0 bridgehead atoms. The van der Waals surface area contributed by atoms with Crippen molar-refractivity contribution in [1.82, 2.24) is 0 Å². The van der Waals surface area contributed by atoms with Gasteiger partial charge in [0.05, 0.1) is 13.2 Å². The predicted octanol–water partition coefficient (Wildman–Crippen LogP) is 2.57. The highest BCUT2D eigenvalue weighted by Gasteiger charge is 2.04. The second-order valence-corrected chi connectivity index (χ2v) is 4.28. The first kappa shape index (κ1) is 13.6. The maximum Gasteiger partial charge on any atom is 0.129 e. The maximum absolute atomic E-state index is 8.95. The summed E-state index contributed by atoms with van der Waals surface area (Å²) in [5, 5.41) is 12.3. The number of ether oxygens (including phenoxy) is 1. The molecule has 102 valence electrons. The lowest BCUT2D eigenvalue weighted by molar-refractivity contribution is 0.202. The first-order valence-electron chi connectivity index (χ1n) is 6.32. The molecule has 0 amide bonds. The predicted molar refractivity (Wildman–Crippen MR) is 74.0 cm³/mol. The summed E-state index contributed by atoms with van der Waals surface area (Å²) in [4.78, 5) is 0. The molecule has 0 saturated carbocycles. The van der Waals surface area contributed by atoms with Crippen molar-refractivity contribution in [2.24, 2.45) is 0 Å². The molecule has 0 saturated heterocycles. The molecule has 0 aliphatic heterocycles. The van der Waals surface area contributed by atoms with E-state index in [-0.39, 0.29) is 6.61 Å². The Morgan fingerprint density at radius 1 is 1.16 bits per heavy atom. The minimum atomic E-state index is -0.0651. The fourth-order valence-electron chi connectivity index (χ4n) is 1.91. The van der Waals surface area contributed by atoms with Gasteiger partial charge in [-0.3, -0.25) is 0 Å². The smallest absolute Gasteiger partial charge is 0.129 e. The van der Waals surface area contributed by atoms with Gasteiger partial charge in [0.1, 0.15) is 18.1 Å². The lowest BCUT2D eigenvalue weighted by Gasteiger charge is -2.10. The van der Waals surface area contributed by atoms with E-state index in [1.807, 2.05) is 24.3 Å². The highest BCUT2D eigenvalue weighted by atomic mass is 16.5. The van der Waals surface area contributed by atoms with E-state index in [2.05, 4.69) is 11.4 Å². The normalized spacial score (nSPS) is 10.6. The van der Waals surface area contributed by atoms with Crippen LogP contribution in [0.25, 0.3) is 0 Å². The van der Waals surface area contributed by atoms with Crippen molar-refractivity contribution in [1.29, 1.82) is 0 Å². The van der Waals surface area contributed by atoms with E-state index in [1.54, 1.807) is 13.2 Å². The van der Waals surface area contributed by atoms with E-state index < -0.39 is 0 Å². The summed E-state index contributed by atoms with van der Waals surface area (Å²) in [6.45, 7) is 1.24. The van der Waals surface area contributed by atoms with E-state index in [1.165, 1.54) is 5.56 Å². The number of furan rings is 1. The van der Waals surface area contributed by atoms with Gasteiger partial charge in [0.25, 0.3) is 0 Å². The molecule has 0 spiro atoms. The summed E-state index contributed by atoms with van der Waals surface area (Å²) in [6, 6.07) is 11.8. The van der Waals surface area contributed by atoms with Gasteiger partial charge in [0.15, 0.2) is 0 Å². The fourth-order valence-corrected chi connectivity index (χ4v) is 1.91. The second kappa shape index (κ2) is 6.97. The number of nitrogens with one attached hydrogen (secondary N) is 1. The van der Waals surface area contributed by atoms with Crippen LogP contribution in [0.2, 0.25) is 0 Å². The van der Waals surface area contributed by atoms with Crippen LogP contribution in [0.15, 0.2) is 40.8 Å². The van der Waals surface area contributed by atoms with E-state index in [4.69, 9.17) is 14.3 Å². The van der Waals surface area contributed by atoms with Crippen LogP contribution < -0.4 is 5.32 Å². The topological polar surface area (TPSA) is 54.6 Å². The molecule has 2 N–H and O–H groups in total. The quantitative estimate of drug-likeness (QED) is 0.804. The van der Waals surface area contributed by atoms with Crippen LogP contribution in [0, 0.1) is 0 Å². The Bertz CT molecular complexity index is 508. The molecule has 4 heteroatoms. The van der Waals surface area contributed by atoms with E-state index in [0.29, 0.717) is 18.9 Å². The summed E-state index contributed by atoms with van der Waals surface area (Å²) in [7, 11) is 1.70. The first-order chi connectivity index (χ1) is 9.33. The van der Waals surface area contributed by atoms with Gasteiger partial charge in [-0.05, 0) is 30.2 Å². The fraction of sp³-hybridized carbons (Fsp3) is 0.333. The number of methoxy groups -OCH3 is 1. The molecular formula is C15H19NO3. The van der Waals surface area contributed by atoms with Gasteiger partial charge in [0, 0.05) is 12.8 Å². The van der Waals surface area contributed by atoms with Gasteiger partial charge in [-0.1, -0.05) is 18.2 Å². The summed E-state index contributed by atoms with van der Waals surface area (Å²) in [5.41, 5.74) is 2.31. The molecule has 4 nitrogen and oxygen atoms in total. The van der Waals surface area contributed by atoms with Gasteiger partial charge in [-0.15, -0.1) is 0 Å². The van der Waals surface area contributed by atoms with Crippen LogP contribution in [0.5, 0.6) is 0 Å². The van der Waals surface area contributed by atoms with Crippen molar-refractivity contribution in [2.75, 3.05) is 19.0 Å². The number of anilines is 1. The molecule has 0 aliphatic rings. The number of benzene rings is 1. The van der Waals surface area contributed by atoms with Gasteiger partial charge in [-0.25, -0.2) is 0 Å². The summed E-state index contributed by atoms with van der Waals surface area (Å²) >= 11 is 0. The number of rotatable bonds is 7. The van der Waals surface area contributed by atoms with Gasteiger partial charge < -0.3 is 19.6 Å². The highest BCUT2D eigenvalue weighted by molar-refractivity contribution is 5.51. The Kier molecular flexibility index (Phi) is 5.01. The molecule has 0 aliphatic carbocycles. The maximum atomic E-state index is 8.95. The molecule has 0 radical (unpaired) electrons. The number of aliphatic hydroxyl groups is 1. The van der Waals surface area contributed by atoms with Gasteiger partial charge >= 0.3 is 0 Å². The van der Waals surface area contributed by atoms with Crippen molar-refractivity contribution >= 4 is 5.69 Å². The summed E-state index contributed by atoms with van der Waals surface area (Å²) in [6.07, 6.45) is 0.875. The zero-order chi connectivity index (χ0) is 13.5. The third-order valence-electron chi connectivity index (χ3n) is 2.92. The molecule has 2 rings (SSSR count). The van der Waals surface area contributed by atoms with Crippen LogP contribution in [-0.2, 0) is 24.3 Å². The van der Waals surface area contributed by atoms with E-state index in [9.17, 15) is 0 Å². The van der Waals surface area contributed by atoms with Crippen molar-refractivity contribution in [3.05, 3.63) is 53.5 Å². The van der Waals surface area contributed by atoms with Crippen LogP contribution >= 0.6 is 0 Å². The van der Waals surface area contributed by atoms with Gasteiger partial charge in [0.2, 0.25) is 0 Å². The molecule has 1 aromatic carbocycles. The zero-order valence-electron chi connectivity index (χ0n) is 11.1. The van der Waals surface area contributed by atoms with Crippen molar-refractivity contribution in [3.8, 4) is 0 Å².